The Kier molecular flexibility index (Phi) is 3.89. The van der Waals surface area contributed by atoms with Crippen LogP contribution in [0.5, 0.6) is 0 Å². The summed E-state index contributed by atoms with van der Waals surface area (Å²) < 4.78 is 9.76. The van der Waals surface area contributed by atoms with Gasteiger partial charge < -0.3 is 15.8 Å². The molecule has 0 radical (unpaired) electrons. The van der Waals surface area contributed by atoms with Crippen LogP contribution >= 0.6 is 11.5 Å². The van der Waals surface area contributed by atoms with Crippen molar-refractivity contribution < 1.29 is 4.74 Å². The van der Waals surface area contributed by atoms with Crippen molar-refractivity contribution in [2.24, 2.45) is 5.92 Å². The number of aromatic nitrogens is 1. The molecular weight excluding hydrogens is 270 g/mol. The van der Waals surface area contributed by atoms with Gasteiger partial charge in [0, 0.05) is 18.6 Å². The first-order chi connectivity index (χ1) is 9.75. The normalized spacial score (nSPS) is 19.9. The Hall–Kier alpha value is -1.59. The van der Waals surface area contributed by atoms with Crippen molar-refractivity contribution >= 4 is 22.4 Å². The molecule has 1 aliphatic heterocycles. The summed E-state index contributed by atoms with van der Waals surface area (Å²) in [6.07, 6.45) is 1.11. The fourth-order valence-electron chi connectivity index (χ4n) is 2.56. The zero-order chi connectivity index (χ0) is 13.9. The molecule has 1 fully saturated rings. The summed E-state index contributed by atoms with van der Waals surface area (Å²) in [5, 5.41) is 4.62. The van der Waals surface area contributed by atoms with Gasteiger partial charge in [-0.15, -0.1) is 0 Å². The SMILES string of the molecule is CC(Nc1snc(N)c1-c1ccccc1)C1CCOC1. The maximum Gasteiger partial charge on any atom is 0.147 e. The Morgan fingerprint density at radius 3 is 2.90 bits per heavy atom. The number of hydrogen-bond acceptors (Lipinski definition) is 5. The van der Waals surface area contributed by atoms with Gasteiger partial charge in [0.15, 0.2) is 0 Å². The first-order valence-corrected chi connectivity index (χ1v) is 7.68. The molecule has 1 saturated heterocycles. The van der Waals surface area contributed by atoms with Crippen LogP contribution in [0.2, 0.25) is 0 Å². The van der Waals surface area contributed by atoms with E-state index in [0.29, 0.717) is 17.8 Å². The molecule has 3 N–H and O–H groups in total. The molecule has 20 heavy (non-hydrogen) atoms. The number of nitrogens with two attached hydrogens (primary N) is 1. The maximum atomic E-state index is 6.04. The standard InChI is InChI=1S/C15H19N3OS/c1-10(12-7-8-19-9-12)17-15-13(14(16)18-20-15)11-5-3-2-4-6-11/h2-6,10,12,17H,7-9H2,1H3,(H2,16,18). The van der Waals surface area contributed by atoms with Gasteiger partial charge >= 0.3 is 0 Å². The fourth-order valence-corrected chi connectivity index (χ4v) is 3.39. The number of anilines is 2. The molecule has 2 aromatic rings. The summed E-state index contributed by atoms with van der Waals surface area (Å²) in [5.41, 5.74) is 8.16. The summed E-state index contributed by atoms with van der Waals surface area (Å²) in [6, 6.07) is 10.5. The Labute approximate surface area is 123 Å². The van der Waals surface area contributed by atoms with Crippen molar-refractivity contribution in [3.63, 3.8) is 0 Å². The molecule has 0 amide bonds. The van der Waals surface area contributed by atoms with E-state index in [1.54, 1.807) is 0 Å². The molecule has 0 aliphatic carbocycles. The second-order valence-corrected chi connectivity index (χ2v) is 5.97. The Morgan fingerprint density at radius 1 is 1.40 bits per heavy atom. The van der Waals surface area contributed by atoms with Gasteiger partial charge in [-0.25, -0.2) is 0 Å². The summed E-state index contributed by atoms with van der Waals surface area (Å²) in [4.78, 5) is 0. The Balaban J connectivity index is 1.84. The highest BCUT2D eigenvalue weighted by molar-refractivity contribution is 7.11. The summed E-state index contributed by atoms with van der Waals surface area (Å²) in [6.45, 7) is 3.90. The van der Waals surface area contributed by atoms with Crippen LogP contribution < -0.4 is 11.1 Å². The van der Waals surface area contributed by atoms with E-state index in [1.807, 2.05) is 18.2 Å². The van der Waals surface area contributed by atoms with Gasteiger partial charge in [0.05, 0.1) is 12.2 Å². The summed E-state index contributed by atoms with van der Waals surface area (Å²) in [5.74, 6) is 1.15. The number of ether oxygens (including phenoxy) is 1. The van der Waals surface area contributed by atoms with Crippen molar-refractivity contribution in [2.45, 2.75) is 19.4 Å². The largest absolute Gasteiger partial charge is 0.382 e. The first-order valence-electron chi connectivity index (χ1n) is 6.90. The molecule has 0 bridgehead atoms. The minimum atomic E-state index is 0.361. The quantitative estimate of drug-likeness (QED) is 0.907. The molecule has 5 heteroatoms. The molecule has 1 aromatic heterocycles. The molecule has 106 valence electrons. The number of nitrogens with zero attached hydrogens (tertiary/aromatic N) is 1. The third-order valence-corrected chi connectivity index (χ3v) is 4.60. The van der Waals surface area contributed by atoms with Crippen LogP contribution in [-0.4, -0.2) is 23.6 Å². The maximum absolute atomic E-state index is 6.04. The van der Waals surface area contributed by atoms with Crippen LogP contribution in [0.4, 0.5) is 10.8 Å². The monoisotopic (exact) mass is 289 g/mol. The first kappa shape index (κ1) is 13.4. The van der Waals surface area contributed by atoms with Crippen LogP contribution in [0.15, 0.2) is 30.3 Å². The molecule has 1 aromatic carbocycles. The van der Waals surface area contributed by atoms with Crippen LogP contribution in [-0.2, 0) is 4.74 Å². The second kappa shape index (κ2) is 5.81. The fraction of sp³-hybridized carbons (Fsp3) is 0.400. The third kappa shape index (κ3) is 2.64. The minimum Gasteiger partial charge on any atom is -0.382 e. The molecule has 1 aliphatic rings. The molecule has 0 saturated carbocycles. The molecule has 2 atom stereocenters. The van der Waals surface area contributed by atoms with Crippen LogP contribution in [0.25, 0.3) is 11.1 Å². The highest BCUT2D eigenvalue weighted by atomic mass is 32.1. The number of nitrogens with one attached hydrogen (secondary N) is 1. The highest BCUT2D eigenvalue weighted by Crippen LogP contribution is 2.37. The number of benzene rings is 1. The van der Waals surface area contributed by atoms with Crippen molar-refractivity contribution in [3.05, 3.63) is 30.3 Å². The van der Waals surface area contributed by atoms with Gasteiger partial charge in [0.2, 0.25) is 0 Å². The van der Waals surface area contributed by atoms with Gasteiger partial charge in [-0.2, -0.15) is 4.37 Å². The molecule has 2 heterocycles. The van der Waals surface area contributed by atoms with E-state index in [4.69, 9.17) is 10.5 Å². The van der Waals surface area contributed by atoms with E-state index < -0.39 is 0 Å². The van der Waals surface area contributed by atoms with Crippen molar-refractivity contribution in [1.29, 1.82) is 0 Å². The van der Waals surface area contributed by atoms with E-state index in [-0.39, 0.29) is 0 Å². The zero-order valence-corrected chi connectivity index (χ0v) is 12.3. The van der Waals surface area contributed by atoms with Crippen molar-refractivity contribution in [2.75, 3.05) is 24.3 Å². The lowest BCUT2D eigenvalue weighted by molar-refractivity contribution is 0.183. The average molecular weight is 289 g/mol. The van der Waals surface area contributed by atoms with E-state index >= 15 is 0 Å². The topological polar surface area (TPSA) is 60.2 Å². The molecule has 3 rings (SSSR count). The smallest absolute Gasteiger partial charge is 0.147 e. The molecule has 4 nitrogen and oxygen atoms in total. The van der Waals surface area contributed by atoms with Crippen LogP contribution in [0.1, 0.15) is 13.3 Å². The number of nitrogen functional groups attached to an aromatic ring is 1. The minimum absolute atomic E-state index is 0.361. The summed E-state index contributed by atoms with van der Waals surface area (Å²) in [7, 11) is 0. The van der Waals surface area contributed by atoms with E-state index in [0.717, 1.165) is 35.8 Å². The molecular formula is C15H19N3OS. The molecule has 0 spiro atoms. The average Bonchev–Trinajstić information content (AvgIpc) is 3.10. The predicted molar refractivity (Wildman–Crippen MR) is 84.0 cm³/mol. The van der Waals surface area contributed by atoms with Gasteiger partial charge in [0.1, 0.15) is 10.8 Å². The third-order valence-electron chi connectivity index (χ3n) is 3.81. The van der Waals surface area contributed by atoms with Crippen molar-refractivity contribution in [3.8, 4) is 11.1 Å². The van der Waals surface area contributed by atoms with E-state index in [2.05, 4.69) is 28.7 Å². The number of hydrogen-bond donors (Lipinski definition) is 2. The number of rotatable bonds is 4. The predicted octanol–water partition coefficient (Wildman–Crippen LogP) is 3.23. The van der Waals surface area contributed by atoms with Crippen LogP contribution in [0, 0.1) is 5.92 Å². The van der Waals surface area contributed by atoms with Gasteiger partial charge in [-0.3, -0.25) is 0 Å². The Bertz CT molecular complexity index is 564. The molecule has 2 unspecified atom stereocenters. The van der Waals surface area contributed by atoms with Gasteiger partial charge in [0.25, 0.3) is 0 Å². The summed E-state index contributed by atoms with van der Waals surface area (Å²) >= 11 is 1.43. The van der Waals surface area contributed by atoms with Crippen molar-refractivity contribution in [1.82, 2.24) is 4.37 Å². The van der Waals surface area contributed by atoms with E-state index in [1.165, 1.54) is 11.5 Å². The van der Waals surface area contributed by atoms with Crippen LogP contribution in [0.3, 0.4) is 0 Å². The lowest BCUT2D eigenvalue weighted by Crippen LogP contribution is -2.25. The lowest BCUT2D eigenvalue weighted by atomic mass is 10.0. The lowest BCUT2D eigenvalue weighted by Gasteiger charge is -2.20. The van der Waals surface area contributed by atoms with Gasteiger partial charge in [-0.05, 0) is 30.4 Å². The Morgan fingerprint density at radius 2 is 2.20 bits per heavy atom. The zero-order valence-electron chi connectivity index (χ0n) is 11.5. The second-order valence-electron chi connectivity index (χ2n) is 5.19. The van der Waals surface area contributed by atoms with Gasteiger partial charge in [-0.1, -0.05) is 30.3 Å². The van der Waals surface area contributed by atoms with E-state index in [9.17, 15) is 0 Å². The highest BCUT2D eigenvalue weighted by Gasteiger charge is 2.24.